The molecule has 2 aromatic rings. The number of aromatic nitrogens is 2. The van der Waals surface area contributed by atoms with Crippen LogP contribution in [-0.4, -0.2) is 18.4 Å². The van der Waals surface area contributed by atoms with Crippen LogP contribution in [0.4, 0.5) is 0 Å². The molecule has 2 heterocycles. The minimum Gasteiger partial charge on any atom is -0.347 e. The van der Waals surface area contributed by atoms with E-state index in [1.807, 2.05) is 13.8 Å². The summed E-state index contributed by atoms with van der Waals surface area (Å²) in [6, 6.07) is 1.69. The fraction of sp³-hybridized carbons (Fsp3) is 0.300. The Morgan fingerprint density at radius 3 is 2.76 bits per heavy atom. The minimum absolute atomic E-state index is 0.219. The first-order valence-electron chi connectivity index (χ1n) is 5.03. The number of aryl methyl sites for hydroxylation is 2. The maximum atomic E-state index is 12.0. The summed E-state index contributed by atoms with van der Waals surface area (Å²) in [5.74, 6) is 0. The normalized spacial score (nSPS) is 11.9. The Morgan fingerprint density at radius 2 is 2.24 bits per heavy atom. The van der Waals surface area contributed by atoms with Gasteiger partial charge in [-0.2, -0.15) is 0 Å². The van der Waals surface area contributed by atoms with Crippen LogP contribution >= 0.6 is 11.3 Å². The highest BCUT2D eigenvalue weighted by Gasteiger charge is 2.18. The average Bonchev–Trinajstić information content (AvgIpc) is 2.85. The number of nitrogens with one attached hydrogen (secondary N) is 2. The summed E-state index contributed by atoms with van der Waals surface area (Å²) in [5, 5.41) is 0. The van der Waals surface area contributed by atoms with Crippen molar-refractivity contribution in [3.05, 3.63) is 34.0 Å². The second kappa shape index (κ2) is 4.59. The third kappa shape index (κ3) is 2.74. The first-order chi connectivity index (χ1) is 7.99. The molecule has 92 valence electrons. The molecule has 0 spiro atoms. The van der Waals surface area contributed by atoms with Crippen LogP contribution in [0.3, 0.4) is 0 Å². The predicted molar refractivity (Wildman–Crippen MR) is 66.4 cm³/mol. The summed E-state index contributed by atoms with van der Waals surface area (Å²) in [6.07, 6.45) is 3.11. The number of nitrogens with zero attached hydrogens (tertiary/aromatic N) is 1. The molecular formula is C10H13N3O2S2. The molecule has 0 unspecified atom stereocenters. The molecule has 2 aromatic heterocycles. The molecule has 2 N–H and O–H groups in total. The number of aromatic amines is 1. The number of thiophene rings is 1. The molecule has 0 atom stereocenters. The van der Waals surface area contributed by atoms with Gasteiger partial charge in [0.1, 0.15) is 0 Å². The molecular weight excluding hydrogens is 258 g/mol. The fourth-order valence-corrected chi connectivity index (χ4v) is 4.07. The molecule has 0 aliphatic carbocycles. The lowest BCUT2D eigenvalue weighted by atomic mass is 10.4. The van der Waals surface area contributed by atoms with E-state index in [-0.39, 0.29) is 6.54 Å². The Bertz CT molecular complexity index is 600. The Labute approximate surface area is 104 Å². The molecule has 0 fully saturated rings. The minimum atomic E-state index is -3.43. The predicted octanol–water partition coefficient (Wildman–Crippen LogP) is 1.57. The van der Waals surface area contributed by atoms with Gasteiger partial charge in [0.25, 0.3) is 0 Å². The van der Waals surface area contributed by atoms with Crippen molar-refractivity contribution in [2.45, 2.75) is 25.3 Å². The van der Waals surface area contributed by atoms with Crippen molar-refractivity contribution < 1.29 is 8.42 Å². The highest BCUT2D eigenvalue weighted by atomic mass is 32.2. The van der Waals surface area contributed by atoms with Crippen LogP contribution in [0.1, 0.15) is 15.4 Å². The van der Waals surface area contributed by atoms with Crippen molar-refractivity contribution in [2.24, 2.45) is 0 Å². The van der Waals surface area contributed by atoms with Gasteiger partial charge in [-0.25, -0.2) is 18.1 Å². The van der Waals surface area contributed by atoms with E-state index >= 15 is 0 Å². The van der Waals surface area contributed by atoms with Gasteiger partial charge in [0.15, 0.2) is 0 Å². The first-order valence-corrected chi connectivity index (χ1v) is 7.33. The number of sulfonamides is 1. The third-order valence-electron chi connectivity index (χ3n) is 2.29. The standard InChI is InChI=1S/C10H13N3O2S2/c1-7-3-10(8(2)16-7)17(14,15)13-5-9-4-11-6-12-9/h3-4,6,13H,5H2,1-2H3,(H,11,12). The van der Waals surface area contributed by atoms with Gasteiger partial charge in [0.05, 0.1) is 17.8 Å². The van der Waals surface area contributed by atoms with Gasteiger partial charge in [-0.1, -0.05) is 0 Å². The van der Waals surface area contributed by atoms with E-state index < -0.39 is 10.0 Å². The van der Waals surface area contributed by atoms with Crippen LogP contribution < -0.4 is 4.72 Å². The van der Waals surface area contributed by atoms with Gasteiger partial charge in [-0.15, -0.1) is 11.3 Å². The fourth-order valence-electron chi connectivity index (χ4n) is 1.51. The summed E-state index contributed by atoms with van der Waals surface area (Å²) >= 11 is 1.48. The molecule has 17 heavy (non-hydrogen) atoms. The van der Waals surface area contributed by atoms with Gasteiger partial charge < -0.3 is 4.98 Å². The molecule has 2 rings (SSSR count). The van der Waals surface area contributed by atoms with Gasteiger partial charge in [-0.05, 0) is 19.9 Å². The van der Waals surface area contributed by atoms with Crippen molar-refractivity contribution in [1.82, 2.24) is 14.7 Å². The molecule has 7 heteroatoms. The highest BCUT2D eigenvalue weighted by molar-refractivity contribution is 7.89. The zero-order chi connectivity index (χ0) is 12.5. The van der Waals surface area contributed by atoms with Crippen molar-refractivity contribution in [2.75, 3.05) is 0 Å². The van der Waals surface area contributed by atoms with Crippen LogP contribution in [-0.2, 0) is 16.6 Å². The van der Waals surface area contributed by atoms with E-state index in [1.54, 1.807) is 12.3 Å². The van der Waals surface area contributed by atoms with Gasteiger partial charge >= 0.3 is 0 Å². The maximum absolute atomic E-state index is 12.0. The lowest BCUT2D eigenvalue weighted by Crippen LogP contribution is -2.23. The summed E-state index contributed by atoms with van der Waals surface area (Å²) in [6.45, 7) is 3.92. The van der Waals surface area contributed by atoms with Crippen LogP contribution in [0, 0.1) is 13.8 Å². The van der Waals surface area contributed by atoms with E-state index in [2.05, 4.69) is 14.7 Å². The second-order valence-electron chi connectivity index (χ2n) is 3.68. The summed E-state index contributed by atoms with van der Waals surface area (Å²) in [7, 11) is -3.43. The topological polar surface area (TPSA) is 74.8 Å². The Hall–Kier alpha value is -1.18. The number of hydrogen-bond donors (Lipinski definition) is 2. The molecule has 0 saturated carbocycles. The average molecular weight is 271 g/mol. The molecule has 0 amide bonds. The summed E-state index contributed by atoms with van der Waals surface area (Å²) < 4.78 is 26.6. The highest BCUT2D eigenvalue weighted by Crippen LogP contribution is 2.24. The van der Waals surface area contributed by atoms with Crippen LogP contribution in [0.2, 0.25) is 0 Å². The largest absolute Gasteiger partial charge is 0.347 e. The molecule has 0 aromatic carbocycles. The third-order valence-corrected chi connectivity index (χ3v) is 4.92. The van der Waals surface area contributed by atoms with Gasteiger partial charge in [0, 0.05) is 21.6 Å². The quantitative estimate of drug-likeness (QED) is 0.886. The summed E-state index contributed by atoms with van der Waals surface area (Å²) in [4.78, 5) is 8.83. The molecule has 5 nitrogen and oxygen atoms in total. The molecule has 0 aliphatic heterocycles. The molecule has 0 saturated heterocycles. The molecule has 0 radical (unpaired) electrons. The number of imidazole rings is 1. The second-order valence-corrected chi connectivity index (χ2v) is 6.87. The monoisotopic (exact) mass is 271 g/mol. The van der Waals surface area contributed by atoms with E-state index in [4.69, 9.17) is 0 Å². The molecule has 0 bridgehead atoms. The SMILES string of the molecule is Cc1cc(S(=O)(=O)NCc2cnc[nH]2)c(C)s1. The van der Waals surface area contributed by atoms with Crippen LogP contribution in [0.15, 0.2) is 23.5 Å². The van der Waals surface area contributed by atoms with Gasteiger partial charge in [0.2, 0.25) is 10.0 Å². The van der Waals surface area contributed by atoms with Crippen molar-refractivity contribution >= 4 is 21.4 Å². The van der Waals surface area contributed by atoms with Gasteiger partial charge in [-0.3, -0.25) is 0 Å². The zero-order valence-electron chi connectivity index (χ0n) is 9.52. The van der Waals surface area contributed by atoms with Crippen molar-refractivity contribution in [3.8, 4) is 0 Å². The zero-order valence-corrected chi connectivity index (χ0v) is 11.2. The Morgan fingerprint density at radius 1 is 1.47 bits per heavy atom. The van der Waals surface area contributed by atoms with Crippen LogP contribution in [0.5, 0.6) is 0 Å². The maximum Gasteiger partial charge on any atom is 0.242 e. The Balaban J connectivity index is 2.17. The van der Waals surface area contributed by atoms with E-state index in [1.165, 1.54) is 17.7 Å². The first kappa shape index (κ1) is 12.3. The van der Waals surface area contributed by atoms with E-state index in [0.717, 1.165) is 15.4 Å². The van der Waals surface area contributed by atoms with Crippen molar-refractivity contribution in [3.63, 3.8) is 0 Å². The number of H-pyrrole nitrogens is 1. The van der Waals surface area contributed by atoms with Crippen molar-refractivity contribution in [1.29, 1.82) is 0 Å². The number of rotatable bonds is 4. The number of hydrogen-bond acceptors (Lipinski definition) is 4. The van der Waals surface area contributed by atoms with E-state index in [9.17, 15) is 8.42 Å². The lowest BCUT2D eigenvalue weighted by molar-refractivity contribution is 0.580. The molecule has 0 aliphatic rings. The smallest absolute Gasteiger partial charge is 0.242 e. The van der Waals surface area contributed by atoms with Crippen LogP contribution in [0.25, 0.3) is 0 Å². The Kier molecular flexibility index (Phi) is 3.32. The van der Waals surface area contributed by atoms with E-state index in [0.29, 0.717) is 4.90 Å². The lowest BCUT2D eigenvalue weighted by Gasteiger charge is -2.04. The summed E-state index contributed by atoms with van der Waals surface area (Å²) in [5.41, 5.74) is 0.734.